The maximum atomic E-state index is 12.7. The average molecular weight is 301 g/mol. The van der Waals surface area contributed by atoms with Gasteiger partial charge in [0.2, 0.25) is 5.82 Å². The molecule has 0 radical (unpaired) electrons. The van der Waals surface area contributed by atoms with Gasteiger partial charge in [-0.1, -0.05) is 0 Å². The van der Waals surface area contributed by atoms with Crippen molar-refractivity contribution >= 4 is 0 Å². The SMILES string of the molecule is NCc1ccc(CN2CCn3c(nnc3C(F)(F)F)C2)o1. The highest BCUT2D eigenvalue weighted by Crippen LogP contribution is 2.29. The largest absolute Gasteiger partial charge is 0.463 e. The van der Waals surface area contributed by atoms with Crippen molar-refractivity contribution in [3.8, 4) is 0 Å². The minimum Gasteiger partial charge on any atom is -0.463 e. The van der Waals surface area contributed by atoms with E-state index in [-0.39, 0.29) is 6.54 Å². The van der Waals surface area contributed by atoms with Gasteiger partial charge in [0.1, 0.15) is 17.3 Å². The van der Waals surface area contributed by atoms with Crippen LogP contribution in [0.3, 0.4) is 0 Å². The van der Waals surface area contributed by atoms with Crippen LogP contribution < -0.4 is 5.73 Å². The molecule has 0 fully saturated rings. The lowest BCUT2D eigenvalue weighted by molar-refractivity contribution is -0.148. The topological polar surface area (TPSA) is 73.1 Å². The van der Waals surface area contributed by atoms with Gasteiger partial charge in [-0.2, -0.15) is 13.2 Å². The van der Waals surface area contributed by atoms with Crippen LogP contribution in [-0.4, -0.2) is 26.2 Å². The van der Waals surface area contributed by atoms with Crippen molar-refractivity contribution in [3.05, 3.63) is 35.3 Å². The van der Waals surface area contributed by atoms with Crippen molar-refractivity contribution in [1.82, 2.24) is 19.7 Å². The fourth-order valence-electron chi connectivity index (χ4n) is 2.39. The van der Waals surface area contributed by atoms with Crippen LogP contribution >= 0.6 is 0 Å². The quantitative estimate of drug-likeness (QED) is 0.927. The molecule has 9 heteroatoms. The molecule has 0 atom stereocenters. The van der Waals surface area contributed by atoms with Crippen LogP contribution in [0.2, 0.25) is 0 Å². The van der Waals surface area contributed by atoms with E-state index in [1.54, 1.807) is 6.07 Å². The number of rotatable bonds is 3. The molecule has 3 rings (SSSR count). The second-order valence-corrected chi connectivity index (χ2v) is 4.87. The molecule has 0 aromatic carbocycles. The summed E-state index contributed by atoms with van der Waals surface area (Å²) in [4.78, 5) is 1.96. The number of hydrogen-bond acceptors (Lipinski definition) is 5. The van der Waals surface area contributed by atoms with Gasteiger partial charge in [0.05, 0.1) is 19.6 Å². The third kappa shape index (κ3) is 2.79. The molecular weight excluding hydrogens is 287 g/mol. The Morgan fingerprint density at radius 2 is 1.95 bits per heavy atom. The Kier molecular flexibility index (Phi) is 3.46. The molecule has 2 N–H and O–H groups in total. The monoisotopic (exact) mass is 301 g/mol. The molecule has 2 aromatic rings. The molecule has 21 heavy (non-hydrogen) atoms. The third-order valence-electron chi connectivity index (χ3n) is 3.38. The van der Waals surface area contributed by atoms with Crippen molar-refractivity contribution in [2.24, 2.45) is 5.73 Å². The Balaban J connectivity index is 1.72. The summed E-state index contributed by atoms with van der Waals surface area (Å²) >= 11 is 0. The Labute approximate surface area is 118 Å². The van der Waals surface area contributed by atoms with Gasteiger partial charge < -0.3 is 14.7 Å². The standard InChI is InChI=1S/C12H14F3N5O/c13-12(14,15)11-18-17-10-7-19(3-4-20(10)11)6-9-2-1-8(5-16)21-9/h1-2H,3-7,16H2. The van der Waals surface area contributed by atoms with Gasteiger partial charge >= 0.3 is 6.18 Å². The van der Waals surface area contributed by atoms with E-state index in [1.807, 2.05) is 11.0 Å². The highest BCUT2D eigenvalue weighted by Gasteiger charge is 2.39. The molecule has 1 aliphatic rings. The molecule has 3 heterocycles. The Morgan fingerprint density at radius 1 is 1.19 bits per heavy atom. The van der Waals surface area contributed by atoms with Gasteiger partial charge in [-0.15, -0.1) is 10.2 Å². The van der Waals surface area contributed by atoms with E-state index in [1.165, 1.54) is 0 Å². The maximum Gasteiger partial charge on any atom is 0.451 e. The molecule has 6 nitrogen and oxygen atoms in total. The summed E-state index contributed by atoms with van der Waals surface area (Å²) < 4.78 is 44.8. The first-order chi connectivity index (χ1) is 9.97. The van der Waals surface area contributed by atoms with Crippen LogP contribution in [0.5, 0.6) is 0 Å². The number of alkyl halides is 3. The summed E-state index contributed by atoms with van der Waals surface area (Å²) in [6.45, 7) is 1.83. The molecule has 114 valence electrons. The Hall–Kier alpha value is -1.87. The molecule has 0 spiro atoms. The molecule has 2 aromatic heterocycles. The van der Waals surface area contributed by atoms with Crippen LogP contribution in [0, 0.1) is 0 Å². The zero-order chi connectivity index (χ0) is 15.0. The average Bonchev–Trinajstić information content (AvgIpc) is 3.03. The Bertz CT molecular complexity index is 633. The highest BCUT2D eigenvalue weighted by atomic mass is 19.4. The minimum absolute atomic E-state index is 0.210. The molecule has 0 saturated heterocycles. The van der Waals surface area contributed by atoms with Crippen molar-refractivity contribution < 1.29 is 17.6 Å². The van der Waals surface area contributed by atoms with Crippen LogP contribution in [0.4, 0.5) is 13.2 Å². The number of nitrogens with two attached hydrogens (primary N) is 1. The number of halogens is 3. The van der Waals surface area contributed by atoms with Crippen molar-refractivity contribution in [2.45, 2.75) is 32.4 Å². The molecule has 0 unspecified atom stereocenters. The summed E-state index contributed by atoms with van der Waals surface area (Å²) in [7, 11) is 0. The summed E-state index contributed by atoms with van der Waals surface area (Å²) in [5, 5.41) is 6.89. The van der Waals surface area contributed by atoms with E-state index < -0.39 is 12.0 Å². The lowest BCUT2D eigenvalue weighted by Gasteiger charge is -2.27. The lowest BCUT2D eigenvalue weighted by Crippen LogP contribution is -2.34. The maximum absolute atomic E-state index is 12.7. The third-order valence-corrected chi connectivity index (χ3v) is 3.38. The van der Waals surface area contributed by atoms with Crippen molar-refractivity contribution in [1.29, 1.82) is 0 Å². The molecule has 0 bridgehead atoms. The summed E-state index contributed by atoms with van der Waals surface area (Å²) in [6.07, 6.45) is -4.47. The molecule has 0 amide bonds. The molecular formula is C12H14F3N5O. The molecule has 0 aliphatic carbocycles. The fraction of sp³-hybridized carbons (Fsp3) is 0.500. The number of aromatic nitrogens is 3. The van der Waals surface area contributed by atoms with Gasteiger partial charge in [-0.25, -0.2) is 0 Å². The first-order valence-corrected chi connectivity index (χ1v) is 6.46. The normalized spacial score (nSPS) is 16.2. The van der Waals surface area contributed by atoms with Crippen LogP contribution in [-0.2, 0) is 32.4 Å². The van der Waals surface area contributed by atoms with Crippen LogP contribution in [0.1, 0.15) is 23.2 Å². The van der Waals surface area contributed by atoms with E-state index in [9.17, 15) is 13.2 Å². The predicted octanol–water partition coefficient (Wildman–Crippen LogP) is 1.36. The van der Waals surface area contributed by atoms with Crippen LogP contribution in [0.25, 0.3) is 0 Å². The van der Waals surface area contributed by atoms with Gasteiger partial charge in [0.15, 0.2) is 0 Å². The minimum atomic E-state index is -4.47. The van der Waals surface area contributed by atoms with E-state index in [2.05, 4.69) is 10.2 Å². The van der Waals surface area contributed by atoms with E-state index in [4.69, 9.17) is 10.2 Å². The summed E-state index contributed by atoms with van der Waals surface area (Å²) in [6, 6.07) is 3.62. The fourth-order valence-corrected chi connectivity index (χ4v) is 2.39. The van der Waals surface area contributed by atoms with Gasteiger partial charge in [0.25, 0.3) is 0 Å². The molecule has 0 saturated carbocycles. The smallest absolute Gasteiger partial charge is 0.451 e. The van der Waals surface area contributed by atoms with Crippen molar-refractivity contribution in [3.63, 3.8) is 0 Å². The first kappa shape index (κ1) is 14.1. The molecule has 1 aliphatic heterocycles. The summed E-state index contributed by atoms with van der Waals surface area (Å²) in [5.41, 5.74) is 5.47. The predicted molar refractivity (Wildman–Crippen MR) is 65.7 cm³/mol. The van der Waals surface area contributed by atoms with E-state index in [0.29, 0.717) is 37.8 Å². The van der Waals surface area contributed by atoms with E-state index in [0.717, 1.165) is 10.3 Å². The first-order valence-electron chi connectivity index (χ1n) is 6.46. The highest BCUT2D eigenvalue weighted by molar-refractivity contribution is 5.08. The number of fused-ring (bicyclic) bond motifs is 1. The lowest BCUT2D eigenvalue weighted by atomic mass is 10.3. The van der Waals surface area contributed by atoms with E-state index >= 15 is 0 Å². The van der Waals surface area contributed by atoms with Gasteiger partial charge in [-0.3, -0.25) is 4.90 Å². The van der Waals surface area contributed by atoms with Gasteiger partial charge in [0, 0.05) is 13.1 Å². The second-order valence-electron chi connectivity index (χ2n) is 4.87. The number of furan rings is 1. The van der Waals surface area contributed by atoms with Crippen LogP contribution in [0.15, 0.2) is 16.5 Å². The number of nitrogens with zero attached hydrogens (tertiary/aromatic N) is 4. The zero-order valence-corrected chi connectivity index (χ0v) is 11.1. The summed E-state index contributed by atoms with van der Waals surface area (Å²) in [5.74, 6) is 0.809. The van der Waals surface area contributed by atoms with Crippen molar-refractivity contribution in [2.75, 3.05) is 6.54 Å². The zero-order valence-electron chi connectivity index (χ0n) is 11.1. The second kappa shape index (κ2) is 5.15. The van der Waals surface area contributed by atoms with Gasteiger partial charge in [-0.05, 0) is 12.1 Å². The Morgan fingerprint density at radius 3 is 2.62 bits per heavy atom. The number of hydrogen-bond donors (Lipinski definition) is 1.